The van der Waals surface area contributed by atoms with Gasteiger partial charge in [-0.1, -0.05) is 0 Å². The molecule has 20 heavy (non-hydrogen) atoms. The number of fused-ring (bicyclic) bond motifs is 1. The summed E-state index contributed by atoms with van der Waals surface area (Å²) in [7, 11) is 3.42. The number of nitrogens with two attached hydrogens (primary N) is 1. The number of hydrogen-bond acceptors (Lipinski definition) is 4. The lowest BCUT2D eigenvalue weighted by molar-refractivity contribution is 0.218. The van der Waals surface area contributed by atoms with Crippen LogP contribution in [0.15, 0.2) is 30.5 Å². The summed E-state index contributed by atoms with van der Waals surface area (Å²) in [6.45, 7) is 1.19. The molecule has 0 saturated heterocycles. The molecule has 6 nitrogen and oxygen atoms in total. The number of aromatic nitrogens is 1. The molecule has 2 amide bonds. The second kappa shape index (κ2) is 6.10. The molecule has 0 aliphatic carbocycles. The van der Waals surface area contributed by atoms with Gasteiger partial charge in [-0.15, -0.1) is 0 Å². The minimum absolute atomic E-state index is 0.0980. The van der Waals surface area contributed by atoms with Gasteiger partial charge in [0.15, 0.2) is 0 Å². The number of pyridine rings is 1. The van der Waals surface area contributed by atoms with Crippen LogP contribution in [0.25, 0.3) is 10.9 Å². The van der Waals surface area contributed by atoms with E-state index in [9.17, 15) is 4.79 Å². The van der Waals surface area contributed by atoms with Crippen molar-refractivity contribution in [3.05, 3.63) is 30.5 Å². The second-order valence-corrected chi connectivity index (χ2v) is 4.69. The predicted molar refractivity (Wildman–Crippen MR) is 81.7 cm³/mol. The molecule has 4 N–H and O–H groups in total. The molecule has 0 bridgehead atoms. The third-order valence-corrected chi connectivity index (χ3v) is 2.89. The van der Waals surface area contributed by atoms with E-state index in [4.69, 9.17) is 5.73 Å². The number of nitrogens with one attached hydrogen (secondary N) is 2. The fraction of sp³-hybridized carbons (Fsp3) is 0.286. The molecule has 0 saturated carbocycles. The largest absolute Gasteiger partial charge is 0.399 e. The third kappa shape index (κ3) is 3.28. The van der Waals surface area contributed by atoms with Gasteiger partial charge in [-0.05, 0) is 24.3 Å². The summed E-state index contributed by atoms with van der Waals surface area (Å²) in [6, 6.07) is 7.45. The van der Waals surface area contributed by atoms with Gasteiger partial charge >= 0.3 is 6.03 Å². The molecule has 106 valence electrons. The molecule has 1 aromatic carbocycles. The quantitative estimate of drug-likeness (QED) is 0.582. The van der Waals surface area contributed by atoms with Crippen LogP contribution in [-0.4, -0.2) is 43.1 Å². The van der Waals surface area contributed by atoms with Crippen LogP contribution in [-0.2, 0) is 0 Å². The van der Waals surface area contributed by atoms with Crippen LogP contribution in [0.3, 0.4) is 0 Å². The molecule has 1 heterocycles. The van der Waals surface area contributed by atoms with Crippen LogP contribution in [0.5, 0.6) is 0 Å². The number of nitrogen functional groups attached to an aromatic ring is 1. The van der Waals surface area contributed by atoms with Crippen molar-refractivity contribution >= 4 is 28.3 Å². The standard InChI is InChI=1S/C14H19N5O/c1-19(2)14(20)18-8-7-17-12-5-6-16-13-9-10(15)3-4-11(12)13/h3-6,9H,7-8,15H2,1-2H3,(H,16,17)(H,18,20). The monoisotopic (exact) mass is 273 g/mol. The highest BCUT2D eigenvalue weighted by Crippen LogP contribution is 2.22. The third-order valence-electron chi connectivity index (χ3n) is 2.89. The van der Waals surface area contributed by atoms with Crippen molar-refractivity contribution in [2.24, 2.45) is 0 Å². The van der Waals surface area contributed by atoms with E-state index in [-0.39, 0.29) is 6.03 Å². The van der Waals surface area contributed by atoms with Crippen molar-refractivity contribution in [3.63, 3.8) is 0 Å². The Morgan fingerprint density at radius 2 is 2.10 bits per heavy atom. The summed E-state index contributed by atoms with van der Waals surface area (Å²) in [5.41, 5.74) is 8.27. The Labute approximate surface area is 118 Å². The van der Waals surface area contributed by atoms with Gasteiger partial charge in [0.2, 0.25) is 0 Å². The maximum Gasteiger partial charge on any atom is 0.316 e. The molecule has 0 unspecified atom stereocenters. The van der Waals surface area contributed by atoms with E-state index in [2.05, 4.69) is 15.6 Å². The van der Waals surface area contributed by atoms with Crippen LogP contribution in [0.4, 0.5) is 16.2 Å². The van der Waals surface area contributed by atoms with E-state index in [1.807, 2.05) is 24.3 Å². The smallest absolute Gasteiger partial charge is 0.316 e. The Morgan fingerprint density at radius 3 is 2.85 bits per heavy atom. The van der Waals surface area contributed by atoms with Gasteiger partial charge in [-0.2, -0.15) is 0 Å². The van der Waals surface area contributed by atoms with Crippen LogP contribution < -0.4 is 16.4 Å². The first-order chi connectivity index (χ1) is 9.58. The molecule has 0 radical (unpaired) electrons. The average molecular weight is 273 g/mol. The minimum Gasteiger partial charge on any atom is -0.399 e. The number of amides is 2. The van der Waals surface area contributed by atoms with E-state index in [0.717, 1.165) is 16.6 Å². The zero-order valence-electron chi connectivity index (χ0n) is 11.7. The number of carbonyl (C=O) groups excluding carboxylic acids is 1. The van der Waals surface area contributed by atoms with Crippen molar-refractivity contribution in [3.8, 4) is 0 Å². The summed E-state index contributed by atoms with van der Waals surface area (Å²) in [5.74, 6) is 0. The number of rotatable bonds is 4. The number of nitrogens with zero attached hydrogens (tertiary/aromatic N) is 2. The molecule has 2 aromatic rings. The van der Waals surface area contributed by atoms with Crippen molar-refractivity contribution < 1.29 is 4.79 Å². The SMILES string of the molecule is CN(C)C(=O)NCCNc1ccnc2cc(N)ccc12. The van der Waals surface area contributed by atoms with Crippen LogP contribution in [0, 0.1) is 0 Å². The fourth-order valence-electron chi connectivity index (χ4n) is 1.84. The molecule has 0 aliphatic heterocycles. The van der Waals surface area contributed by atoms with E-state index < -0.39 is 0 Å². The number of carbonyl (C=O) groups is 1. The number of hydrogen-bond donors (Lipinski definition) is 3. The van der Waals surface area contributed by atoms with Crippen LogP contribution in [0.1, 0.15) is 0 Å². The van der Waals surface area contributed by atoms with E-state index >= 15 is 0 Å². The van der Waals surface area contributed by atoms with E-state index in [1.54, 1.807) is 20.3 Å². The zero-order valence-corrected chi connectivity index (χ0v) is 11.7. The molecule has 0 aliphatic rings. The highest BCUT2D eigenvalue weighted by atomic mass is 16.2. The molecule has 1 aromatic heterocycles. The van der Waals surface area contributed by atoms with Crippen LogP contribution >= 0.6 is 0 Å². The molecule has 0 fully saturated rings. The molecular weight excluding hydrogens is 254 g/mol. The summed E-state index contributed by atoms with van der Waals surface area (Å²) in [4.78, 5) is 17.2. The summed E-state index contributed by atoms with van der Waals surface area (Å²) in [6.07, 6.45) is 1.74. The van der Waals surface area contributed by atoms with Gasteiger partial charge in [0.1, 0.15) is 0 Å². The van der Waals surface area contributed by atoms with Gasteiger partial charge < -0.3 is 21.3 Å². The highest BCUT2D eigenvalue weighted by molar-refractivity contribution is 5.92. The summed E-state index contributed by atoms with van der Waals surface area (Å²) < 4.78 is 0. The number of benzene rings is 1. The molecule has 0 spiro atoms. The summed E-state index contributed by atoms with van der Waals surface area (Å²) in [5, 5.41) is 7.10. The maximum absolute atomic E-state index is 11.4. The Hall–Kier alpha value is -2.50. The highest BCUT2D eigenvalue weighted by Gasteiger charge is 2.03. The molecular formula is C14H19N5O. The minimum atomic E-state index is -0.0980. The normalized spacial score (nSPS) is 10.3. The Kier molecular flexibility index (Phi) is 4.24. The van der Waals surface area contributed by atoms with Crippen LogP contribution in [0.2, 0.25) is 0 Å². The van der Waals surface area contributed by atoms with Crippen molar-refractivity contribution in [2.75, 3.05) is 38.2 Å². The molecule has 6 heteroatoms. The van der Waals surface area contributed by atoms with E-state index in [0.29, 0.717) is 18.8 Å². The van der Waals surface area contributed by atoms with E-state index in [1.165, 1.54) is 4.90 Å². The zero-order chi connectivity index (χ0) is 14.5. The first-order valence-corrected chi connectivity index (χ1v) is 6.41. The first kappa shape index (κ1) is 13.9. The van der Waals surface area contributed by atoms with Gasteiger partial charge in [0, 0.05) is 50.1 Å². The number of anilines is 2. The Bertz CT molecular complexity index is 612. The van der Waals surface area contributed by atoms with Gasteiger partial charge in [-0.3, -0.25) is 4.98 Å². The number of urea groups is 1. The second-order valence-electron chi connectivity index (χ2n) is 4.69. The first-order valence-electron chi connectivity index (χ1n) is 6.41. The Morgan fingerprint density at radius 1 is 1.30 bits per heavy atom. The maximum atomic E-state index is 11.4. The molecule has 0 atom stereocenters. The lowest BCUT2D eigenvalue weighted by Crippen LogP contribution is -2.37. The van der Waals surface area contributed by atoms with Gasteiger partial charge in [0.05, 0.1) is 5.52 Å². The van der Waals surface area contributed by atoms with Gasteiger partial charge in [-0.25, -0.2) is 4.79 Å². The van der Waals surface area contributed by atoms with Crippen molar-refractivity contribution in [1.29, 1.82) is 0 Å². The molecule has 2 rings (SSSR count). The van der Waals surface area contributed by atoms with Crippen molar-refractivity contribution in [1.82, 2.24) is 15.2 Å². The fourth-order valence-corrected chi connectivity index (χ4v) is 1.84. The predicted octanol–water partition coefficient (Wildman–Crippen LogP) is 1.50. The van der Waals surface area contributed by atoms with Gasteiger partial charge in [0.25, 0.3) is 0 Å². The lowest BCUT2D eigenvalue weighted by Gasteiger charge is -2.13. The topological polar surface area (TPSA) is 83.3 Å². The van der Waals surface area contributed by atoms with Crippen molar-refractivity contribution in [2.45, 2.75) is 0 Å². The lowest BCUT2D eigenvalue weighted by atomic mass is 10.1. The summed E-state index contributed by atoms with van der Waals surface area (Å²) >= 11 is 0. The Balaban J connectivity index is 1.98. The average Bonchev–Trinajstić information content (AvgIpc) is 2.42.